The van der Waals surface area contributed by atoms with Crippen molar-refractivity contribution >= 4 is 17.5 Å². The van der Waals surface area contributed by atoms with E-state index in [9.17, 15) is 4.79 Å². The third-order valence-corrected chi connectivity index (χ3v) is 6.13. The summed E-state index contributed by atoms with van der Waals surface area (Å²) in [6, 6.07) is 20.2. The Labute approximate surface area is 198 Å². The van der Waals surface area contributed by atoms with Gasteiger partial charge in [0.15, 0.2) is 11.5 Å². The van der Waals surface area contributed by atoms with Gasteiger partial charge in [0.25, 0.3) is 5.91 Å². The number of benzene rings is 3. The molecule has 0 unspecified atom stereocenters. The first-order chi connectivity index (χ1) is 16.0. The molecule has 1 heterocycles. The molecule has 0 radical (unpaired) electrons. The quantitative estimate of drug-likeness (QED) is 0.417. The molecule has 4 rings (SSSR count). The van der Waals surface area contributed by atoms with E-state index in [4.69, 9.17) is 30.5 Å². The van der Waals surface area contributed by atoms with Crippen LogP contribution in [0.1, 0.15) is 17.2 Å². The van der Waals surface area contributed by atoms with Crippen molar-refractivity contribution in [1.82, 2.24) is 4.90 Å². The zero-order valence-electron chi connectivity index (χ0n) is 18.8. The summed E-state index contributed by atoms with van der Waals surface area (Å²) < 4.78 is 22.0. The molecule has 0 bridgehead atoms. The lowest BCUT2D eigenvalue weighted by Gasteiger charge is -2.47. The molecule has 0 aromatic heterocycles. The van der Waals surface area contributed by atoms with Crippen molar-refractivity contribution in [3.05, 3.63) is 82.9 Å². The summed E-state index contributed by atoms with van der Waals surface area (Å²) in [5, 5.41) is 0.606. The lowest BCUT2D eigenvalue weighted by Crippen LogP contribution is -2.61. The molecule has 0 aliphatic carbocycles. The minimum absolute atomic E-state index is 0.0729. The van der Waals surface area contributed by atoms with E-state index < -0.39 is 6.10 Å². The van der Waals surface area contributed by atoms with E-state index >= 15 is 0 Å². The standard InChI is InChI=1S/C26H26ClNO5/c1-30-18-9-11-19(12-10-18)33-25-24(20-6-4-5-7-21(20)27)28(26(25)29)15-14-17-8-13-22(31-2)23(16-17)32-3/h4-13,16,24-25H,14-15H2,1-3H3/t24-,25-/m1/s1. The van der Waals surface area contributed by atoms with E-state index in [0.717, 1.165) is 16.9 Å². The Bertz CT molecular complexity index is 1120. The Kier molecular flexibility index (Phi) is 6.94. The normalized spacial score (nSPS) is 17.3. The molecule has 1 aliphatic rings. The summed E-state index contributed by atoms with van der Waals surface area (Å²) in [7, 11) is 4.82. The number of ether oxygens (including phenoxy) is 4. The van der Waals surface area contributed by atoms with Gasteiger partial charge >= 0.3 is 0 Å². The number of carbonyl (C=O) groups excluding carboxylic acids is 1. The Morgan fingerprint density at radius 3 is 2.21 bits per heavy atom. The maximum Gasteiger partial charge on any atom is 0.266 e. The van der Waals surface area contributed by atoms with Gasteiger partial charge in [-0.3, -0.25) is 4.79 Å². The molecule has 0 N–H and O–H groups in total. The number of nitrogens with zero attached hydrogens (tertiary/aromatic N) is 1. The van der Waals surface area contributed by atoms with E-state index in [0.29, 0.717) is 35.2 Å². The number of halogens is 1. The van der Waals surface area contributed by atoms with Gasteiger partial charge < -0.3 is 23.8 Å². The fraction of sp³-hybridized carbons (Fsp3) is 0.269. The molecule has 1 aliphatic heterocycles. The summed E-state index contributed by atoms with van der Waals surface area (Å²) in [5.41, 5.74) is 1.91. The highest BCUT2D eigenvalue weighted by Gasteiger charge is 2.50. The second-order valence-corrected chi connectivity index (χ2v) is 8.06. The second kappa shape index (κ2) is 10.0. The van der Waals surface area contributed by atoms with Crippen molar-refractivity contribution in [2.24, 2.45) is 0 Å². The number of methoxy groups -OCH3 is 3. The van der Waals surface area contributed by atoms with Gasteiger partial charge in [0.2, 0.25) is 6.10 Å². The Balaban J connectivity index is 1.54. The van der Waals surface area contributed by atoms with Crippen molar-refractivity contribution < 1.29 is 23.7 Å². The SMILES string of the molecule is COc1ccc(O[C@H]2C(=O)N(CCc3ccc(OC)c(OC)c3)[C@@H]2c2ccccc2Cl)cc1. The highest BCUT2D eigenvalue weighted by Crippen LogP contribution is 2.41. The van der Waals surface area contributed by atoms with Crippen LogP contribution in [-0.2, 0) is 11.2 Å². The average Bonchev–Trinajstić information content (AvgIpc) is 2.86. The van der Waals surface area contributed by atoms with Crippen molar-refractivity contribution in [2.45, 2.75) is 18.6 Å². The highest BCUT2D eigenvalue weighted by atomic mass is 35.5. The number of rotatable bonds is 9. The molecule has 3 aromatic rings. The van der Waals surface area contributed by atoms with Crippen LogP contribution in [0.3, 0.4) is 0 Å². The Hall–Kier alpha value is -3.38. The topological polar surface area (TPSA) is 57.2 Å². The first kappa shape index (κ1) is 22.8. The van der Waals surface area contributed by atoms with Gasteiger partial charge in [0.1, 0.15) is 17.5 Å². The molecule has 0 spiro atoms. The van der Waals surface area contributed by atoms with E-state index in [1.54, 1.807) is 45.6 Å². The summed E-state index contributed by atoms with van der Waals surface area (Å²) >= 11 is 6.50. The second-order valence-electron chi connectivity index (χ2n) is 7.65. The lowest BCUT2D eigenvalue weighted by molar-refractivity contribution is -0.164. The maximum absolute atomic E-state index is 13.1. The van der Waals surface area contributed by atoms with Crippen molar-refractivity contribution in [3.8, 4) is 23.0 Å². The smallest absolute Gasteiger partial charge is 0.266 e. The first-order valence-electron chi connectivity index (χ1n) is 10.6. The molecule has 2 atom stereocenters. The number of likely N-dealkylation sites (tertiary alicyclic amines) is 1. The number of β-lactam (4-membered cyclic amide) rings is 1. The molecule has 172 valence electrons. The van der Waals surface area contributed by atoms with Crippen molar-refractivity contribution in [1.29, 1.82) is 0 Å². The predicted octanol–water partition coefficient (Wildman–Crippen LogP) is 4.94. The maximum atomic E-state index is 13.1. The van der Waals surface area contributed by atoms with Crippen molar-refractivity contribution in [3.63, 3.8) is 0 Å². The van der Waals surface area contributed by atoms with E-state index in [2.05, 4.69) is 0 Å². The molecule has 7 heteroatoms. The van der Waals surface area contributed by atoms with Crippen LogP contribution in [0.15, 0.2) is 66.7 Å². The lowest BCUT2D eigenvalue weighted by atomic mass is 9.89. The molecule has 3 aromatic carbocycles. The van der Waals surface area contributed by atoms with Crippen molar-refractivity contribution in [2.75, 3.05) is 27.9 Å². The van der Waals surface area contributed by atoms with Gasteiger partial charge in [0.05, 0.1) is 21.3 Å². The van der Waals surface area contributed by atoms with Crippen LogP contribution in [0.2, 0.25) is 5.02 Å². The minimum Gasteiger partial charge on any atom is -0.497 e. The van der Waals surface area contributed by atoms with Crippen LogP contribution < -0.4 is 18.9 Å². The number of hydrogen-bond acceptors (Lipinski definition) is 5. The van der Waals surface area contributed by atoms with Gasteiger partial charge in [-0.05, 0) is 60.0 Å². The Morgan fingerprint density at radius 1 is 0.848 bits per heavy atom. The monoisotopic (exact) mass is 467 g/mol. The minimum atomic E-state index is -0.649. The van der Waals surface area contributed by atoms with Gasteiger partial charge in [0, 0.05) is 11.6 Å². The van der Waals surface area contributed by atoms with Crippen LogP contribution in [0.4, 0.5) is 0 Å². The summed E-state index contributed by atoms with van der Waals surface area (Å²) in [6.45, 7) is 0.521. The van der Waals surface area contributed by atoms with E-state index in [-0.39, 0.29) is 11.9 Å². The van der Waals surface area contributed by atoms with E-state index in [1.807, 2.05) is 47.4 Å². The molecule has 1 amide bonds. The zero-order chi connectivity index (χ0) is 23.4. The molecule has 0 saturated carbocycles. The number of carbonyl (C=O) groups is 1. The van der Waals surface area contributed by atoms with Gasteiger partial charge in [-0.15, -0.1) is 0 Å². The molecule has 6 nitrogen and oxygen atoms in total. The number of amides is 1. The molecule has 1 fully saturated rings. The molecular formula is C26H26ClNO5. The van der Waals surface area contributed by atoms with Gasteiger partial charge in [-0.2, -0.15) is 0 Å². The van der Waals surface area contributed by atoms with Crippen LogP contribution >= 0.6 is 11.6 Å². The summed E-state index contributed by atoms with van der Waals surface area (Å²) in [6.07, 6.45) is 0.00571. The zero-order valence-corrected chi connectivity index (χ0v) is 19.5. The largest absolute Gasteiger partial charge is 0.497 e. The fourth-order valence-corrected chi connectivity index (χ4v) is 4.26. The van der Waals surface area contributed by atoms with Crippen LogP contribution in [0.25, 0.3) is 0 Å². The van der Waals surface area contributed by atoms with Crippen LogP contribution in [0.5, 0.6) is 23.0 Å². The molecule has 1 saturated heterocycles. The van der Waals surface area contributed by atoms with Crippen LogP contribution in [-0.4, -0.2) is 44.8 Å². The van der Waals surface area contributed by atoms with E-state index in [1.165, 1.54) is 0 Å². The third kappa shape index (κ3) is 4.71. The average molecular weight is 468 g/mol. The Morgan fingerprint density at radius 2 is 1.55 bits per heavy atom. The summed E-state index contributed by atoms with van der Waals surface area (Å²) in [5.74, 6) is 2.58. The highest BCUT2D eigenvalue weighted by molar-refractivity contribution is 6.31. The molecule has 33 heavy (non-hydrogen) atoms. The predicted molar refractivity (Wildman–Crippen MR) is 127 cm³/mol. The number of hydrogen-bond donors (Lipinski definition) is 0. The third-order valence-electron chi connectivity index (χ3n) is 5.78. The summed E-state index contributed by atoms with van der Waals surface area (Å²) in [4.78, 5) is 14.9. The fourth-order valence-electron chi connectivity index (χ4n) is 4.01. The molecular weight excluding hydrogens is 442 g/mol. The van der Waals surface area contributed by atoms with Gasteiger partial charge in [-0.25, -0.2) is 0 Å². The van der Waals surface area contributed by atoms with Crippen LogP contribution in [0, 0.1) is 0 Å². The first-order valence-corrected chi connectivity index (χ1v) is 11.0. The van der Waals surface area contributed by atoms with Gasteiger partial charge in [-0.1, -0.05) is 35.9 Å².